The van der Waals surface area contributed by atoms with Gasteiger partial charge < -0.3 is 9.29 Å². The van der Waals surface area contributed by atoms with E-state index in [-0.39, 0.29) is 35.3 Å². The average Bonchev–Trinajstić information content (AvgIpc) is 1.78. The van der Waals surface area contributed by atoms with Crippen LogP contribution in [0.1, 0.15) is 12.8 Å². The minimum atomic E-state index is -4.01. The molecule has 4 nitrogen and oxygen atoms in total. The Morgan fingerprint density at radius 3 is 2.27 bits per heavy atom. The molecular formula is C5H11NaO4S. The van der Waals surface area contributed by atoms with Crippen LogP contribution in [-0.2, 0) is 14.9 Å². The molecule has 0 radical (unpaired) electrons. The van der Waals surface area contributed by atoms with Crippen molar-refractivity contribution in [2.45, 2.75) is 12.8 Å². The summed E-state index contributed by atoms with van der Waals surface area (Å²) >= 11 is 0. The predicted molar refractivity (Wildman–Crippen MR) is 35.7 cm³/mol. The normalized spacial score (nSPS) is 10.7. The van der Waals surface area contributed by atoms with Crippen LogP contribution in [0.25, 0.3) is 0 Å². The number of hydrogen-bond acceptors (Lipinski definition) is 4. The summed E-state index contributed by atoms with van der Waals surface area (Å²) in [5.74, 6) is -0.281. The van der Waals surface area contributed by atoms with E-state index < -0.39 is 10.1 Å². The summed E-state index contributed by atoms with van der Waals surface area (Å²) in [5, 5.41) is 0. The topological polar surface area (TPSA) is 66.4 Å². The molecule has 0 atom stereocenters. The van der Waals surface area contributed by atoms with E-state index in [1.807, 2.05) is 0 Å². The zero-order chi connectivity index (χ0) is 8.04. The van der Waals surface area contributed by atoms with Crippen LogP contribution < -0.4 is 29.6 Å². The smallest absolute Gasteiger partial charge is 0.748 e. The largest absolute Gasteiger partial charge is 1.00 e. The molecule has 0 bridgehead atoms. The molecule has 6 heteroatoms. The molecular weight excluding hydrogens is 179 g/mol. The Kier molecular flexibility index (Phi) is 9.84. The Hall–Kier alpha value is 0.870. The Balaban J connectivity index is 0. The summed E-state index contributed by atoms with van der Waals surface area (Å²) < 4.78 is 34.7. The first-order chi connectivity index (χ1) is 4.56. The minimum absolute atomic E-state index is 0. The van der Waals surface area contributed by atoms with E-state index in [1.54, 1.807) is 0 Å². The second-order valence-electron chi connectivity index (χ2n) is 1.96. The molecule has 0 aliphatic carbocycles. The zero-order valence-electron chi connectivity index (χ0n) is 6.87. The van der Waals surface area contributed by atoms with Crippen molar-refractivity contribution < 1.29 is 47.3 Å². The van der Waals surface area contributed by atoms with Gasteiger partial charge in [0.2, 0.25) is 0 Å². The second-order valence-corrected chi connectivity index (χ2v) is 3.49. The summed E-state index contributed by atoms with van der Waals surface area (Å²) in [7, 11) is -2.48. The molecule has 11 heavy (non-hydrogen) atoms. The van der Waals surface area contributed by atoms with Crippen LogP contribution in [0.3, 0.4) is 0 Å². The van der Waals surface area contributed by atoms with Crippen LogP contribution in [0.4, 0.5) is 0 Å². The molecule has 0 aliphatic heterocycles. The van der Waals surface area contributed by atoms with Crippen molar-refractivity contribution in [2.24, 2.45) is 0 Å². The van der Waals surface area contributed by atoms with Gasteiger partial charge in [-0.15, -0.1) is 0 Å². The molecule has 0 aromatic rings. The third-order valence-corrected chi connectivity index (χ3v) is 1.78. The van der Waals surface area contributed by atoms with E-state index in [2.05, 4.69) is 4.74 Å². The maximum absolute atomic E-state index is 10.00. The van der Waals surface area contributed by atoms with E-state index in [9.17, 15) is 13.0 Å². The molecule has 0 fully saturated rings. The van der Waals surface area contributed by atoms with Crippen molar-refractivity contribution in [3.63, 3.8) is 0 Å². The van der Waals surface area contributed by atoms with E-state index in [4.69, 9.17) is 0 Å². The van der Waals surface area contributed by atoms with Gasteiger partial charge in [0.05, 0.1) is 10.1 Å². The maximum atomic E-state index is 10.00. The van der Waals surface area contributed by atoms with Crippen molar-refractivity contribution in [1.29, 1.82) is 0 Å². The van der Waals surface area contributed by atoms with Crippen LogP contribution in [0.15, 0.2) is 0 Å². The van der Waals surface area contributed by atoms with Gasteiger partial charge >= 0.3 is 29.6 Å². The van der Waals surface area contributed by atoms with Crippen LogP contribution in [0.5, 0.6) is 0 Å². The first-order valence-corrected chi connectivity index (χ1v) is 4.56. The molecule has 0 N–H and O–H groups in total. The number of ether oxygens (including phenoxy) is 1. The van der Waals surface area contributed by atoms with Gasteiger partial charge in [0.15, 0.2) is 0 Å². The molecule has 0 aromatic heterocycles. The molecule has 0 saturated heterocycles. The fraction of sp³-hybridized carbons (Fsp3) is 1.00. The molecule has 0 saturated carbocycles. The summed E-state index contributed by atoms with van der Waals surface area (Å²) in [6, 6.07) is 0. The Bertz CT molecular complexity index is 165. The summed E-state index contributed by atoms with van der Waals surface area (Å²) in [6.45, 7) is 0.509. The zero-order valence-corrected chi connectivity index (χ0v) is 9.69. The second kappa shape index (κ2) is 7.52. The Morgan fingerprint density at radius 2 is 1.91 bits per heavy atom. The van der Waals surface area contributed by atoms with Gasteiger partial charge in [-0.1, -0.05) is 0 Å². The fourth-order valence-corrected chi connectivity index (χ4v) is 1.08. The van der Waals surface area contributed by atoms with E-state index >= 15 is 0 Å². The van der Waals surface area contributed by atoms with Crippen molar-refractivity contribution in [1.82, 2.24) is 0 Å². The minimum Gasteiger partial charge on any atom is -0.748 e. The van der Waals surface area contributed by atoms with Crippen molar-refractivity contribution >= 4 is 10.1 Å². The predicted octanol–water partition coefficient (Wildman–Crippen LogP) is -3.04. The fourth-order valence-electron chi connectivity index (χ4n) is 0.525. The van der Waals surface area contributed by atoms with Gasteiger partial charge in [-0.2, -0.15) is 0 Å². The first kappa shape index (κ1) is 14.4. The van der Waals surface area contributed by atoms with E-state index in [0.717, 1.165) is 0 Å². The third-order valence-electron chi connectivity index (χ3n) is 0.993. The van der Waals surface area contributed by atoms with Crippen LogP contribution in [0.2, 0.25) is 0 Å². The quantitative estimate of drug-likeness (QED) is 0.263. The Labute approximate surface area is 89.4 Å². The number of hydrogen-bond donors (Lipinski definition) is 0. The monoisotopic (exact) mass is 190 g/mol. The molecule has 0 aliphatic rings. The van der Waals surface area contributed by atoms with Gasteiger partial charge in [-0.05, 0) is 12.8 Å². The van der Waals surface area contributed by atoms with Crippen LogP contribution in [0, 0.1) is 0 Å². The molecule has 62 valence electrons. The van der Waals surface area contributed by atoms with E-state index in [0.29, 0.717) is 19.4 Å². The van der Waals surface area contributed by atoms with Gasteiger partial charge in [0.1, 0.15) is 0 Å². The summed E-state index contributed by atoms with van der Waals surface area (Å²) in [5.41, 5.74) is 0. The van der Waals surface area contributed by atoms with Gasteiger partial charge in [-0.3, -0.25) is 0 Å². The first-order valence-electron chi connectivity index (χ1n) is 2.99. The number of unbranched alkanes of at least 4 members (excludes halogenated alkanes) is 1. The number of methoxy groups -OCH3 is 1. The Morgan fingerprint density at radius 1 is 1.36 bits per heavy atom. The maximum Gasteiger partial charge on any atom is 1.00 e. The van der Waals surface area contributed by atoms with Gasteiger partial charge in [0, 0.05) is 19.5 Å². The molecule has 0 unspecified atom stereocenters. The average molecular weight is 190 g/mol. The molecule has 0 rings (SSSR count). The molecule has 0 heterocycles. The van der Waals surface area contributed by atoms with Crippen LogP contribution >= 0.6 is 0 Å². The standard InChI is InChI=1S/C5H12O4S.Na/c1-9-4-2-3-5-10(6,7)8;/h2-5H2,1H3,(H,6,7,8);/q;+1/p-1. The SMILES string of the molecule is COCCCCS(=O)(=O)[O-].[Na+]. The molecule has 0 spiro atoms. The molecule has 0 aromatic carbocycles. The van der Waals surface area contributed by atoms with Gasteiger partial charge in [0.25, 0.3) is 0 Å². The van der Waals surface area contributed by atoms with E-state index in [1.165, 1.54) is 7.11 Å². The van der Waals surface area contributed by atoms with Gasteiger partial charge in [-0.25, -0.2) is 8.42 Å². The van der Waals surface area contributed by atoms with Crippen molar-refractivity contribution in [3.8, 4) is 0 Å². The third kappa shape index (κ3) is 13.8. The van der Waals surface area contributed by atoms with Crippen LogP contribution in [-0.4, -0.2) is 32.4 Å². The van der Waals surface area contributed by atoms with Crippen molar-refractivity contribution in [3.05, 3.63) is 0 Å². The van der Waals surface area contributed by atoms with Crippen molar-refractivity contribution in [2.75, 3.05) is 19.5 Å². The molecule has 0 amide bonds. The summed E-state index contributed by atoms with van der Waals surface area (Å²) in [6.07, 6.45) is 1.01. The number of rotatable bonds is 5. The summed E-state index contributed by atoms with van der Waals surface area (Å²) in [4.78, 5) is 0.